The lowest BCUT2D eigenvalue weighted by molar-refractivity contribution is -0.116. The third-order valence-electron chi connectivity index (χ3n) is 9.49. The van der Waals surface area contributed by atoms with Gasteiger partial charge in [-0.1, -0.05) is 60.7 Å². The number of amides is 2. The van der Waals surface area contributed by atoms with Crippen molar-refractivity contribution >= 4 is 34.5 Å². The SMILES string of the molecule is CCOC1=N[C@]2(C)c3nc4ccccc4c(=O)n3C1C[C@]21c2ccccc2N2C(=O)CN(C(=O)OCc3ccccc3)[C@@H]21. The molecule has 0 radical (unpaired) electrons. The molecule has 5 aliphatic heterocycles. The van der Waals surface area contributed by atoms with Gasteiger partial charge in [0.05, 0.1) is 22.9 Å². The van der Waals surface area contributed by atoms with Gasteiger partial charge in [-0.05, 0) is 49.6 Å². The van der Waals surface area contributed by atoms with E-state index < -0.39 is 29.3 Å². The molecule has 0 N–H and O–H groups in total. The van der Waals surface area contributed by atoms with Crippen molar-refractivity contribution in [2.75, 3.05) is 18.1 Å². The minimum Gasteiger partial charge on any atom is -0.480 e. The number of anilines is 1. The maximum atomic E-state index is 14.0. The van der Waals surface area contributed by atoms with Crippen LogP contribution in [-0.2, 0) is 31.8 Å². The van der Waals surface area contributed by atoms with Crippen LogP contribution in [0.15, 0.2) is 88.6 Å². The third-order valence-corrected chi connectivity index (χ3v) is 9.49. The van der Waals surface area contributed by atoms with Crippen molar-refractivity contribution in [1.29, 1.82) is 0 Å². The third kappa shape index (κ3) is 3.26. The van der Waals surface area contributed by atoms with Gasteiger partial charge in [-0.2, -0.15) is 0 Å². The van der Waals surface area contributed by atoms with Crippen molar-refractivity contribution in [2.24, 2.45) is 4.99 Å². The van der Waals surface area contributed by atoms with Crippen LogP contribution in [0.1, 0.15) is 43.3 Å². The Morgan fingerprint density at radius 3 is 2.56 bits per heavy atom. The molecule has 5 aliphatic rings. The Bertz CT molecular complexity index is 1920. The smallest absolute Gasteiger partial charge is 0.412 e. The van der Waals surface area contributed by atoms with Crippen molar-refractivity contribution in [3.63, 3.8) is 0 Å². The molecule has 1 saturated heterocycles. The average molecular weight is 576 g/mol. The van der Waals surface area contributed by atoms with E-state index in [4.69, 9.17) is 19.5 Å². The Morgan fingerprint density at radius 2 is 1.74 bits per heavy atom. The highest BCUT2D eigenvalue weighted by atomic mass is 16.6. The first-order chi connectivity index (χ1) is 20.9. The van der Waals surface area contributed by atoms with Crippen molar-refractivity contribution in [2.45, 2.75) is 50.0 Å². The second-order valence-corrected chi connectivity index (χ2v) is 11.6. The largest absolute Gasteiger partial charge is 0.480 e. The summed E-state index contributed by atoms with van der Waals surface area (Å²) >= 11 is 0. The number of benzene rings is 3. The van der Waals surface area contributed by atoms with Gasteiger partial charge >= 0.3 is 6.09 Å². The molecule has 3 aromatic carbocycles. The van der Waals surface area contributed by atoms with E-state index in [0.717, 1.165) is 16.8 Å². The monoisotopic (exact) mass is 575 g/mol. The Kier molecular flexibility index (Phi) is 5.38. The number of aliphatic imine (C=N–C) groups is 1. The fourth-order valence-electron chi connectivity index (χ4n) is 7.72. The summed E-state index contributed by atoms with van der Waals surface area (Å²) in [5, 5.41) is 0.517. The number of carbonyl (C=O) groups excluding carboxylic acids is 2. The lowest BCUT2D eigenvalue weighted by Crippen LogP contribution is -2.68. The molecule has 10 nitrogen and oxygen atoms in total. The number of hydrogen-bond acceptors (Lipinski definition) is 7. The van der Waals surface area contributed by atoms with E-state index in [2.05, 4.69) is 0 Å². The van der Waals surface area contributed by atoms with Gasteiger partial charge in [0, 0.05) is 5.69 Å². The minimum atomic E-state index is -1.17. The summed E-state index contributed by atoms with van der Waals surface area (Å²) in [6, 6.07) is 23.9. The number of ether oxygens (including phenoxy) is 2. The first kappa shape index (κ1) is 25.7. The number of rotatable bonds is 3. The number of fused-ring (bicyclic) bond motifs is 4. The highest BCUT2D eigenvalue weighted by Gasteiger charge is 2.73. The van der Waals surface area contributed by atoms with E-state index in [1.165, 1.54) is 4.90 Å². The summed E-state index contributed by atoms with van der Waals surface area (Å²) in [7, 11) is 0. The van der Waals surface area contributed by atoms with Gasteiger partial charge in [-0.25, -0.2) is 14.8 Å². The Morgan fingerprint density at radius 1 is 1.00 bits per heavy atom. The number of para-hydroxylation sites is 2. The number of aromatic nitrogens is 2. The van der Waals surface area contributed by atoms with Gasteiger partial charge < -0.3 is 9.47 Å². The predicted molar refractivity (Wildman–Crippen MR) is 159 cm³/mol. The molecule has 6 heterocycles. The van der Waals surface area contributed by atoms with E-state index in [1.807, 2.05) is 86.6 Å². The summed E-state index contributed by atoms with van der Waals surface area (Å²) in [4.78, 5) is 55.1. The van der Waals surface area contributed by atoms with Crippen LogP contribution >= 0.6 is 0 Å². The highest BCUT2D eigenvalue weighted by molar-refractivity contribution is 6.04. The van der Waals surface area contributed by atoms with E-state index in [-0.39, 0.29) is 24.6 Å². The van der Waals surface area contributed by atoms with Gasteiger partial charge in [-0.3, -0.25) is 24.0 Å². The quantitative estimate of drug-likeness (QED) is 0.361. The molecule has 10 heteroatoms. The van der Waals surface area contributed by atoms with Crippen LogP contribution < -0.4 is 10.5 Å². The fraction of sp³-hybridized carbons (Fsp3) is 0.303. The topological polar surface area (TPSA) is 106 Å². The Balaban J connectivity index is 1.34. The minimum absolute atomic E-state index is 0.0787. The molecule has 0 saturated carbocycles. The molecule has 1 spiro atoms. The van der Waals surface area contributed by atoms with Crippen LogP contribution in [0.3, 0.4) is 0 Å². The lowest BCUT2D eigenvalue weighted by Gasteiger charge is -2.56. The average Bonchev–Trinajstić information content (AvgIpc) is 3.52. The summed E-state index contributed by atoms with van der Waals surface area (Å²) in [6.45, 7) is 4.17. The maximum Gasteiger partial charge on any atom is 0.412 e. The zero-order valence-corrected chi connectivity index (χ0v) is 23.8. The van der Waals surface area contributed by atoms with E-state index in [1.54, 1.807) is 15.5 Å². The van der Waals surface area contributed by atoms with Crippen molar-refractivity contribution in [1.82, 2.24) is 14.5 Å². The van der Waals surface area contributed by atoms with Crippen molar-refractivity contribution in [3.05, 3.63) is 106 Å². The molecule has 1 unspecified atom stereocenters. The van der Waals surface area contributed by atoms with E-state index in [9.17, 15) is 14.4 Å². The summed E-state index contributed by atoms with van der Waals surface area (Å²) < 4.78 is 13.6. The molecule has 43 heavy (non-hydrogen) atoms. The van der Waals surface area contributed by atoms with Crippen LogP contribution in [0.5, 0.6) is 0 Å². The lowest BCUT2D eigenvalue weighted by atomic mass is 9.58. The molecule has 2 bridgehead atoms. The first-order valence-electron chi connectivity index (χ1n) is 14.5. The van der Waals surface area contributed by atoms with Crippen LogP contribution in [0.25, 0.3) is 10.9 Å². The second-order valence-electron chi connectivity index (χ2n) is 11.6. The summed E-state index contributed by atoms with van der Waals surface area (Å²) in [6.07, 6.45) is -0.944. The molecule has 4 atom stereocenters. The number of hydrogen-bond donors (Lipinski definition) is 0. The summed E-state index contributed by atoms with van der Waals surface area (Å²) in [5.41, 5.74) is 0.759. The van der Waals surface area contributed by atoms with Crippen LogP contribution in [0, 0.1) is 0 Å². The van der Waals surface area contributed by atoms with Crippen LogP contribution in [-0.4, -0.2) is 51.7 Å². The molecule has 216 valence electrons. The highest BCUT2D eigenvalue weighted by Crippen LogP contribution is 2.65. The Hall–Kier alpha value is -4.99. The predicted octanol–water partition coefficient (Wildman–Crippen LogP) is 4.27. The molecule has 9 rings (SSSR count). The zero-order valence-electron chi connectivity index (χ0n) is 23.8. The molecular formula is C33H29N5O5. The van der Waals surface area contributed by atoms with Gasteiger partial charge in [0.25, 0.3) is 5.56 Å². The van der Waals surface area contributed by atoms with Crippen LogP contribution in [0.2, 0.25) is 0 Å². The Labute approximate surface area is 247 Å². The molecule has 2 amide bonds. The van der Waals surface area contributed by atoms with E-state index >= 15 is 0 Å². The first-order valence-corrected chi connectivity index (χ1v) is 14.5. The number of carbonyl (C=O) groups is 2. The van der Waals surface area contributed by atoms with Crippen LogP contribution in [0.4, 0.5) is 10.5 Å². The van der Waals surface area contributed by atoms with Crippen molar-refractivity contribution in [3.8, 4) is 0 Å². The second kappa shape index (κ2) is 9.00. The summed E-state index contributed by atoms with van der Waals surface area (Å²) in [5.74, 6) is 0.749. The van der Waals surface area contributed by atoms with Crippen molar-refractivity contribution < 1.29 is 19.1 Å². The molecule has 4 aromatic rings. The van der Waals surface area contributed by atoms with Gasteiger partial charge in [0.1, 0.15) is 36.7 Å². The van der Waals surface area contributed by atoms with E-state index in [0.29, 0.717) is 35.7 Å². The maximum absolute atomic E-state index is 14.0. The fourth-order valence-corrected chi connectivity index (χ4v) is 7.72. The molecule has 1 aromatic heterocycles. The van der Waals surface area contributed by atoms with Gasteiger partial charge in [0.15, 0.2) is 0 Å². The normalized spacial score (nSPS) is 26.4. The zero-order chi connectivity index (χ0) is 29.5. The van der Waals surface area contributed by atoms with Gasteiger partial charge in [0.2, 0.25) is 11.8 Å². The molecular weight excluding hydrogens is 546 g/mol. The standard InChI is InChI=1S/C33H29N5O5/c1-3-42-27-25-17-33(32(2,35-27)29-34-23-15-9-7-13-21(23)28(40)38(25)29)22-14-8-10-16-24(22)37-26(39)18-36(30(33)37)31(41)43-19-20-11-5-4-6-12-20/h4-16,25,30H,3,17-19H2,1-2H3/t25?,30-,32+,33+/m0/s1. The molecule has 0 aliphatic carbocycles. The molecule has 1 fully saturated rings. The van der Waals surface area contributed by atoms with Gasteiger partial charge in [-0.15, -0.1) is 0 Å². The number of nitrogens with zero attached hydrogens (tertiary/aromatic N) is 5.